The summed E-state index contributed by atoms with van der Waals surface area (Å²) in [5.41, 5.74) is 0. The molecule has 0 aromatic carbocycles. The van der Waals surface area contributed by atoms with Crippen LogP contribution < -0.4 is 0 Å². The van der Waals surface area contributed by atoms with E-state index >= 15 is 0 Å². The fourth-order valence-corrected chi connectivity index (χ4v) is 2.47. The Morgan fingerprint density at radius 1 is 1.25 bits per heavy atom. The van der Waals surface area contributed by atoms with Gasteiger partial charge < -0.3 is 0 Å². The molecule has 0 bridgehead atoms. The summed E-state index contributed by atoms with van der Waals surface area (Å²) in [5, 5.41) is 0. The molecule has 1 saturated carbocycles. The van der Waals surface area contributed by atoms with Crippen LogP contribution in [0.15, 0.2) is 0 Å². The lowest BCUT2D eigenvalue weighted by Crippen LogP contribution is -2.18. The molecule has 1 rings (SSSR count). The predicted molar refractivity (Wildman–Crippen MR) is 53.8 cm³/mol. The molecule has 0 spiro atoms. The van der Waals surface area contributed by atoms with Gasteiger partial charge in [-0.25, -0.2) is 0 Å². The van der Waals surface area contributed by atoms with Gasteiger partial charge in [0.15, 0.2) is 0 Å². The van der Waals surface area contributed by atoms with Crippen LogP contribution >= 0.6 is 0 Å². The first-order valence-electron chi connectivity index (χ1n) is 5.32. The molecule has 0 amide bonds. The maximum absolute atomic E-state index is 5.28. The van der Waals surface area contributed by atoms with E-state index in [1.807, 2.05) is 0 Å². The minimum Gasteiger partial charge on any atom is -0.120 e. The van der Waals surface area contributed by atoms with Crippen molar-refractivity contribution in [3.8, 4) is 12.3 Å². The molecule has 0 heteroatoms. The second-order valence-electron chi connectivity index (χ2n) is 3.96. The van der Waals surface area contributed by atoms with Crippen LogP contribution in [-0.4, -0.2) is 0 Å². The minimum atomic E-state index is 0.944. The number of terminal acetylenes is 1. The molecule has 0 aromatic heterocycles. The summed E-state index contributed by atoms with van der Waals surface area (Å²) in [5.74, 6) is 4.68. The van der Waals surface area contributed by atoms with Crippen molar-refractivity contribution in [2.75, 3.05) is 0 Å². The van der Waals surface area contributed by atoms with Crippen LogP contribution in [0.25, 0.3) is 0 Å². The van der Waals surface area contributed by atoms with E-state index < -0.39 is 0 Å². The van der Waals surface area contributed by atoms with Crippen LogP contribution in [0.4, 0.5) is 0 Å². The Labute approximate surface area is 76.7 Å². The second kappa shape index (κ2) is 5.25. The quantitative estimate of drug-likeness (QED) is 0.559. The topological polar surface area (TPSA) is 0 Å². The van der Waals surface area contributed by atoms with Crippen molar-refractivity contribution in [1.29, 1.82) is 0 Å². The van der Waals surface area contributed by atoms with Gasteiger partial charge in [0.2, 0.25) is 0 Å². The molecular weight excluding hydrogens is 144 g/mol. The third-order valence-electron chi connectivity index (χ3n) is 3.25. The molecule has 0 aromatic rings. The summed E-state index contributed by atoms with van der Waals surface area (Å²) in [6.45, 7) is 2.32. The molecule has 0 saturated heterocycles. The van der Waals surface area contributed by atoms with E-state index in [0.717, 1.165) is 18.3 Å². The Hall–Kier alpha value is -0.440. The molecule has 68 valence electrons. The molecule has 12 heavy (non-hydrogen) atoms. The molecule has 0 aliphatic heterocycles. The number of hydrogen-bond donors (Lipinski definition) is 0. The van der Waals surface area contributed by atoms with Crippen LogP contribution in [-0.2, 0) is 0 Å². The largest absolute Gasteiger partial charge is 0.120 e. The van der Waals surface area contributed by atoms with Gasteiger partial charge in [0.05, 0.1) is 0 Å². The van der Waals surface area contributed by atoms with Gasteiger partial charge in [-0.3, -0.25) is 0 Å². The van der Waals surface area contributed by atoms with E-state index in [1.165, 1.54) is 38.5 Å². The fourth-order valence-electron chi connectivity index (χ4n) is 2.47. The van der Waals surface area contributed by atoms with Gasteiger partial charge in [-0.05, 0) is 18.3 Å². The maximum Gasteiger partial charge on any atom is 0.00887 e. The van der Waals surface area contributed by atoms with Gasteiger partial charge >= 0.3 is 0 Å². The summed E-state index contributed by atoms with van der Waals surface area (Å²) in [6, 6.07) is 0. The Morgan fingerprint density at radius 2 is 1.92 bits per heavy atom. The van der Waals surface area contributed by atoms with Crippen LogP contribution in [0.1, 0.15) is 51.9 Å². The lowest BCUT2D eigenvalue weighted by Gasteiger charge is -2.30. The van der Waals surface area contributed by atoms with Crippen molar-refractivity contribution < 1.29 is 0 Å². The smallest absolute Gasteiger partial charge is 0.00887 e. The third-order valence-corrected chi connectivity index (χ3v) is 3.25. The zero-order valence-electron chi connectivity index (χ0n) is 8.18. The van der Waals surface area contributed by atoms with Gasteiger partial charge in [-0.2, -0.15) is 0 Å². The lowest BCUT2D eigenvalue weighted by molar-refractivity contribution is 0.220. The van der Waals surface area contributed by atoms with Crippen LogP contribution in [0.3, 0.4) is 0 Å². The van der Waals surface area contributed by atoms with Crippen molar-refractivity contribution in [2.45, 2.75) is 51.9 Å². The fraction of sp³-hybridized carbons (Fsp3) is 0.833. The van der Waals surface area contributed by atoms with E-state index in [-0.39, 0.29) is 0 Å². The first kappa shape index (κ1) is 9.65. The van der Waals surface area contributed by atoms with Crippen LogP contribution in [0, 0.1) is 24.2 Å². The van der Waals surface area contributed by atoms with Gasteiger partial charge in [-0.1, -0.05) is 39.0 Å². The highest BCUT2D eigenvalue weighted by atomic mass is 14.3. The Balaban J connectivity index is 2.32. The standard InChI is InChI=1S/C12H20/c1-3-5-8-12-10-7-6-9-11(12)4-2/h1,11-12H,4-10H2,2H3. The Bertz CT molecular complexity index is 152. The highest BCUT2D eigenvalue weighted by Crippen LogP contribution is 2.34. The highest BCUT2D eigenvalue weighted by Gasteiger charge is 2.22. The average molecular weight is 164 g/mol. The first-order valence-corrected chi connectivity index (χ1v) is 5.32. The molecule has 2 unspecified atom stereocenters. The number of hydrogen-bond acceptors (Lipinski definition) is 0. The van der Waals surface area contributed by atoms with Gasteiger partial charge in [-0.15, -0.1) is 12.3 Å². The van der Waals surface area contributed by atoms with Crippen molar-refractivity contribution in [3.05, 3.63) is 0 Å². The van der Waals surface area contributed by atoms with Gasteiger partial charge in [0, 0.05) is 6.42 Å². The van der Waals surface area contributed by atoms with E-state index in [0.29, 0.717) is 0 Å². The van der Waals surface area contributed by atoms with E-state index in [1.54, 1.807) is 0 Å². The zero-order chi connectivity index (χ0) is 8.81. The summed E-state index contributed by atoms with van der Waals surface area (Å²) >= 11 is 0. The first-order chi connectivity index (χ1) is 5.88. The van der Waals surface area contributed by atoms with Crippen molar-refractivity contribution in [3.63, 3.8) is 0 Å². The lowest BCUT2D eigenvalue weighted by atomic mass is 9.76. The van der Waals surface area contributed by atoms with Gasteiger partial charge in [0.1, 0.15) is 0 Å². The van der Waals surface area contributed by atoms with E-state index in [4.69, 9.17) is 6.42 Å². The molecule has 1 aliphatic carbocycles. The molecule has 2 atom stereocenters. The summed E-state index contributed by atoms with van der Waals surface area (Å²) < 4.78 is 0. The van der Waals surface area contributed by atoms with E-state index in [9.17, 15) is 0 Å². The highest BCUT2D eigenvalue weighted by molar-refractivity contribution is 4.86. The molecule has 1 aliphatic rings. The Kier molecular flexibility index (Phi) is 4.22. The van der Waals surface area contributed by atoms with Crippen LogP contribution in [0.5, 0.6) is 0 Å². The summed E-state index contributed by atoms with van der Waals surface area (Å²) in [4.78, 5) is 0. The molecule has 0 heterocycles. The van der Waals surface area contributed by atoms with Crippen molar-refractivity contribution in [1.82, 2.24) is 0 Å². The summed E-state index contributed by atoms with van der Waals surface area (Å²) in [7, 11) is 0. The average Bonchev–Trinajstić information content (AvgIpc) is 2.15. The molecule has 0 radical (unpaired) electrons. The monoisotopic (exact) mass is 164 g/mol. The SMILES string of the molecule is C#CCCC1CCCCC1CC. The summed E-state index contributed by atoms with van der Waals surface area (Å²) in [6.07, 6.45) is 14.7. The minimum absolute atomic E-state index is 0.944. The third kappa shape index (κ3) is 2.55. The zero-order valence-corrected chi connectivity index (χ0v) is 8.18. The maximum atomic E-state index is 5.28. The molecular formula is C12H20. The predicted octanol–water partition coefficient (Wildman–Crippen LogP) is 3.62. The Morgan fingerprint density at radius 3 is 2.50 bits per heavy atom. The normalized spacial score (nSPS) is 29.7. The van der Waals surface area contributed by atoms with Crippen LogP contribution in [0.2, 0.25) is 0 Å². The van der Waals surface area contributed by atoms with Crippen molar-refractivity contribution in [2.24, 2.45) is 11.8 Å². The molecule has 0 N–H and O–H groups in total. The van der Waals surface area contributed by atoms with E-state index in [2.05, 4.69) is 12.8 Å². The molecule has 0 nitrogen and oxygen atoms in total. The van der Waals surface area contributed by atoms with Crippen molar-refractivity contribution >= 4 is 0 Å². The molecule has 1 fully saturated rings. The number of rotatable bonds is 3. The second-order valence-corrected chi connectivity index (χ2v) is 3.96. The van der Waals surface area contributed by atoms with Gasteiger partial charge in [0.25, 0.3) is 0 Å².